The van der Waals surface area contributed by atoms with Gasteiger partial charge in [-0.2, -0.15) is 0 Å². The summed E-state index contributed by atoms with van der Waals surface area (Å²) in [4.78, 5) is 17.5. The lowest BCUT2D eigenvalue weighted by atomic mass is 10.2. The number of hydrogen-bond acceptors (Lipinski definition) is 5. The first kappa shape index (κ1) is 14.9. The maximum Gasteiger partial charge on any atom is 0.254 e. The predicted octanol–water partition coefficient (Wildman–Crippen LogP) is 4.06. The van der Waals surface area contributed by atoms with Crippen molar-refractivity contribution in [2.75, 3.05) is 6.26 Å². The number of nitrogens with one attached hydrogen (secondary N) is 1. The second kappa shape index (κ2) is 6.81. The number of thiophene rings is 1. The van der Waals surface area contributed by atoms with Crippen LogP contribution in [-0.2, 0) is 6.54 Å². The number of furan rings is 1. The summed E-state index contributed by atoms with van der Waals surface area (Å²) in [6.45, 7) is 0.493. The Morgan fingerprint density at radius 2 is 2.32 bits per heavy atom. The molecular weight excluding hydrogens is 316 g/mol. The van der Waals surface area contributed by atoms with Crippen LogP contribution in [0.1, 0.15) is 15.2 Å². The smallest absolute Gasteiger partial charge is 0.254 e. The fraction of sp³-hybridized carbons (Fsp3) is 0.125. The number of thioether (sulfide) groups is 1. The van der Waals surface area contributed by atoms with Crippen molar-refractivity contribution in [2.45, 2.75) is 11.6 Å². The average Bonchev–Trinajstić information content (AvgIpc) is 3.23. The van der Waals surface area contributed by atoms with Crippen molar-refractivity contribution in [1.29, 1.82) is 0 Å². The molecule has 3 rings (SSSR count). The molecule has 0 bridgehead atoms. The van der Waals surface area contributed by atoms with Gasteiger partial charge < -0.3 is 9.73 Å². The Morgan fingerprint density at radius 3 is 3.09 bits per heavy atom. The molecule has 0 aliphatic heterocycles. The van der Waals surface area contributed by atoms with Crippen molar-refractivity contribution in [1.82, 2.24) is 10.3 Å². The minimum absolute atomic E-state index is 0.106. The van der Waals surface area contributed by atoms with Gasteiger partial charge >= 0.3 is 0 Å². The van der Waals surface area contributed by atoms with Crippen LogP contribution in [0.3, 0.4) is 0 Å². The van der Waals surface area contributed by atoms with Gasteiger partial charge in [0.1, 0.15) is 10.8 Å². The van der Waals surface area contributed by atoms with E-state index in [-0.39, 0.29) is 5.91 Å². The molecule has 3 aromatic heterocycles. The zero-order chi connectivity index (χ0) is 15.4. The van der Waals surface area contributed by atoms with Crippen LogP contribution in [-0.4, -0.2) is 17.1 Å². The van der Waals surface area contributed by atoms with E-state index < -0.39 is 0 Å². The van der Waals surface area contributed by atoms with Crippen LogP contribution in [0, 0.1) is 0 Å². The summed E-state index contributed by atoms with van der Waals surface area (Å²) in [6.07, 6.45) is 5.26. The Morgan fingerprint density at radius 1 is 1.41 bits per heavy atom. The molecule has 3 heterocycles. The van der Waals surface area contributed by atoms with Gasteiger partial charge in [0.25, 0.3) is 5.91 Å². The van der Waals surface area contributed by atoms with E-state index in [0.717, 1.165) is 21.2 Å². The molecule has 0 unspecified atom stereocenters. The van der Waals surface area contributed by atoms with Gasteiger partial charge in [-0.25, -0.2) is 4.98 Å². The van der Waals surface area contributed by atoms with Crippen LogP contribution in [0.4, 0.5) is 0 Å². The van der Waals surface area contributed by atoms with Crippen LogP contribution < -0.4 is 5.32 Å². The minimum atomic E-state index is -0.106. The van der Waals surface area contributed by atoms with Gasteiger partial charge in [-0.1, -0.05) is 0 Å². The predicted molar refractivity (Wildman–Crippen MR) is 89.2 cm³/mol. The quantitative estimate of drug-likeness (QED) is 0.717. The number of carbonyl (C=O) groups excluding carboxylic acids is 1. The highest BCUT2D eigenvalue weighted by atomic mass is 32.2. The van der Waals surface area contributed by atoms with Crippen molar-refractivity contribution < 1.29 is 9.21 Å². The van der Waals surface area contributed by atoms with E-state index >= 15 is 0 Å². The number of hydrogen-bond donors (Lipinski definition) is 1. The molecule has 0 aliphatic rings. The highest BCUT2D eigenvalue weighted by molar-refractivity contribution is 7.98. The summed E-state index contributed by atoms with van der Waals surface area (Å²) in [7, 11) is 0. The van der Waals surface area contributed by atoms with Gasteiger partial charge in [0.2, 0.25) is 0 Å². The van der Waals surface area contributed by atoms with E-state index in [1.54, 1.807) is 35.9 Å². The van der Waals surface area contributed by atoms with Crippen LogP contribution in [0.15, 0.2) is 57.6 Å². The number of nitrogens with zero attached hydrogens (tertiary/aromatic N) is 1. The number of carbonyl (C=O) groups is 1. The molecule has 1 amide bonds. The topological polar surface area (TPSA) is 55.1 Å². The van der Waals surface area contributed by atoms with Crippen LogP contribution >= 0.6 is 23.1 Å². The van der Waals surface area contributed by atoms with Crippen LogP contribution in [0.25, 0.3) is 11.3 Å². The van der Waals surface area contributed by atoms with Crippen molar-refractivity contribution >= 4 is 29.0 Å². The third-order valence-corrected chi connectivity index (χ3v) is 4.74. The highest BCUT2D eigenvalue weighted by Crippen LogP contribution is 2.26. The summed E-state index contributed by atoms with van der Waals surface area (Å²) in [5.74, 6) is 0.733. The van der Waals surface area contributed by atoms with Gasteiger partial charge in [0.15, 0.2) is 0 Å². The molecule has 0 atom stereocenters. The van der Waals surface area contributed by atoms with Crippen LogP contribution in [0.5, 0.6) is 0 Å². The fourth-order valence-corrected chi connectivity index (χ4v) is 3.39. The third-order valence-electron chi connectivity index (χ3n) is 3.09. The molecule has 22 heavy (non-hydrogen) atoms. The third kappa shape index (κ3) is 3.23. The molecule has 0 spiro atoms. The summed E-state index contributed by atoms with van der Waals surface area (Å²) >= 11 is 3.07. The van der Waals surface area contributed by atoms with E-state index in [4.69, 9.17) is 4.42 Å². The van der Waals surface area contributed by atoms with Crippen molar-refractivity contribution in [3.05, 3.63) is 58.6 Å². The maximum absolute atomic E-state index is 12.3. The van der Waals surface area contributed by atoms with Gasteiger partial charge in [0.05, 0.1) is 18.4 Å². The molecular formula is C16H14N2O2S2. The highest BCUT2D eigenvalue weighted by Gasteiger charge is 2.12. The number of amides is 1. The van der Waals surface area contributed by atoms with E-state index in [1.165, 1.54) is 11.8 Å². The summed E-state index contributed by atoms with van der Waals surface area (Å²) in [5, 5.41) is 5.70. The van der Waals surface area contributed by atoms with E-state index in [9.17, 15) is 4.79 Å². The monoisotopic (exact) mass is 330 g/mol. The Hall–Kier alpha value is -2.05. The zero-order valence-electron chi connectivity index (χ0n) is 11.9. The first-order valence-electron chi connectivity index (χ1n) is 6.66. The van der Waals surface area contributed by atoms with Crippen LogP contribution in [0.2, 0.25) is 0 Å². The lowest BCUT2D eigenvalue weighted by Gasteiger charge is -2.06. The molecule has 0 radical (unpaired) electrons. The van der Waals surface area contributed by atoms with Gasteiger partial charge in [-0.3, -0.25) is 4.79 Å². The second-order valence-electron chi connectivity index (χ2n) is 4.52. The van der Waals surface area contributed by atoms with Gasteiger partial charge in [-0.15, -0.1) is 23.1 Å². The summed E-state index contributed by atoms with van der Waals surface area (Å²) in [6, 6.07) is 9.37. The second-order valence-corrected chi connectivity index (χ2v) is 6.31. The molecule has 1 N–H and O–H groups in total. The first-order valence-corrected chi connectivity index (χ1v) is 8.77. The van der Waals surface area contributed by atoms with E-state index in [2.05, 4.69) is 10.3 Å². The molecule has 0 fully saturated rings. The summed E-state index contributed by atoms with van der Waals surface area (Å²) in [5.41, 5.74) is 1.64. The molecule has 3 aromatic rings. The maximum atomic E-state index is 12.3. The normalized spacial score (nSPS) is 10.6. The largest absolute Gasteiger partial charge is 0.464 e. The SMILES string of the molecule is CSc1ncccc1C(=O)NCc1cc(-c2ccco2)cs1. The molecule has 112 valence electrons. The zero-order valence-corrected chi connectivity index (χ0v) is 13.5. The van der Waals surface area contributed by atoms with E-state index in [0.29, 0.717) is 12.1 Å². The lowest BCUT2D eigenvalue weighted by Crippen LogP contribution is -2.23. The standard InChI is InChI=1S/C16H14N2O2S2/c1-21-16-13(4-2-6-17-16)15(19)18-9-12-8-11(10-22-12)14-5-3-7-20-14/h2-8,10H,9H2,1H3,(H,18,19). The van der Waals surface area contributed by atoms with Gasteiger partial charge in [-0.05, 0) is 36.6 Å². The molecule has 4 nitrogen and oxygen atoms in total. The number of pyridine rings is 1. The Balaban J connectivity index is 1.66. The van der Waals surface area contributed by atoms with Gasteiger partial charge in [0, 0.05) is 22.0 Å². The number of aromatic nitrogens is 1. The first-order chi connectivity index (χ1) is 10.8. The summed E-state index contributed by atoms with van der Waals surface area (Å²) < 4.78 is 5.37. The van der Waals surface area contributed by atoms with Crippen molar-refractivity contribution in [3.8, 4) is 11.3 Å². The average molecular weight is 330 g/mol. The minimum Gasteiger partial charge on any atom is -0.464 e. The fourth-order valence-electron chi connectivity index (χ4n) is 2.03. The molecule has 6 heteroatoms. The molecule has 0 saturated heterocycles. The lowest BCUT2D eigenvalue weighted by molar-refractivity contribution is 0.0947. The molecule has 0 aliphatic carbocycles. The Labute approximate surface area is 136 Å². The molecule has 0 saturated carbocycles. The van der Waals surface area contributed by atoms with Crippen molar-refractivity contribution in [2.24, 2.45) is 0 Å². The molecule has 0 aromatic carbocycles. The number of rotatable bonds is 5. The van der Waals surface area contributed by atoms with Crippen molar-refractivity contribution in [3.63, 3.8) is 0 Å². The Kier molecular flexibility index (Phi) is 4.60. The Bertz CT molecular complexity index is 766. The van der Waals surface area contributed by atoms with E-state index in [1.807, 2.05) is 29.8 Å².